The van der Waals surface area contributed by atoms with Gasteiger partial charge in [-0.25, -0.2) is 4.73 Å². The fraction of sp³-hybridized carbons (Fsp3) is 0.345. The van der Waals surface area contributed by atoms with E-state index in [2.05, 4.69) is 0 Å². The number of benzene rings is 2. The summed E-state index contributed by atoms with van der Waals surface area (Å²) >= 11 is 0. The van der Waals surface area contributed by atoms with Gasteiger partial charge in [0.1, 0.15) is 5.75 Å². The van der Waals surface area contributed by atoms with Crippen molar-refractivity contribution in [3.63, 3.8) is 0 Å². The summed E-state index contributed by atoms with van der Waals surface area (Å²) in [6.07, 6.45) is 3.09. The lowest BCUT2D eigenvalue weighted by Crippen LogP contribution is -2.41. The van der Waals surface area contributed by atoms with Crippen LogP contribution in [0.4, 0.5) is 11.5 Å². The number of carbonyl (C=O) groups excluding carboxylic acids is 2. The molecule has 1 aliphatic heterocycles. The highest BCUT2D eigenvalue weighted by atomic mass is 16.5. The Morgan fingerprint density at radius 2 is 1.95 bits per heavy atom. The van der Waals surface area contributed by atoms with Crippen LogP contribution in [0.15, 0.2) is 72.9 Å². The molecule has 0 fully saturated rings. The zero-order valence-electron chi connectivity index (χ0n) is 21.3. The van der Waals surface area contributed by atoms with Crippen LogP contribution in [0.3, 0.4) is 0 Å². The Morgan fingerprint density at radius 3 is 2.70 bits per heavy atom. The number of hydrogen-bond donors (Lipinski definition) is 0. The molecule has 1 unspecified atom stereocenters. The Balaban J connectivity index is 1.45. The maximum atomic E-state index is 12.7. The molecule has 37 heavy (non-hydrogen) atoms. The highest BCUT2D eigenvalue weighted by molar-refractivity contribution is 5.97. The normalized spacial score (nSPS) is 13.5. The number of anilines is 2. The molecule has 1 aliphatic rings. The third-order valence-electron chi connectivity index (χ3n) is 6.51. The lowest BCUT2D eigenvalue weighted by atomic mass is 9.89. The summed E-state index contributed by atoms with van der Waals surface area (Å²) in [5, 5.41) is 12.0. The zero-order chi connectivity index (χ0) is 26.2. The number of pyridine rings is 1. The first kappa shape index (κ1) is 26.0. The first-order chi connectivity index (χ1) is 18.0. The van der Waals surface area contributed by atoms with Crippen molar-refractivity contribution in [3.05, 3.63) is 89.3 Å². The number of ether oxygens (including phenoxy) is 2. The molecule has 0 saturated carbocycles. The van der Waals surface area contributed by atoms with Crippen molar-refractivity contribution >= 4 is 23.4 Å². The summed E-state index contributed by atoms with van der Waals surface area (Å²) in [4.78, 5) is 28.6. The zero-order valence-corrected chi connectivity index (χ0v) is 21.3. The van der Waals surface area contributed by atoms with E-state index in [9.17, 15) is 14.8 Å². The molecule has 2 aromatic carbocycles. The molecule has 194 valence electrons. The fourth-order valence-electron chi connectivity index (χ4n) is 4.66. The number of fused-ring (bicyclic) bond motifs is 1. The van der Waals surface area contributed by atoms with Crippen LogP contribution in [0.2, 0.25) is 0 Å². The summed E-state index contributed by atoms with van der Waals surface area (Å²) in [7, 11) is 1.87. The average Bonchev–Trinajstić information content (AvgIpc) is 2.90. The van der Waals surface area contributed by atoms with Crippen LogP contribution in [0.1, 0.15) is 36.8 Å². The number of esters is 1. The number of hydrogen-bond acceptors (Lipinski definition) is 6. The summed E-state index contributed by atoms with van der Waals surface area (Å²) in [5.74, 6) is 0.888. The molecule has 0 bridgehead atoms. The molecule has 0 aliphatic carbocycles. The van der Waals surface area contributed by atoms with E-state index in [0.717, 1.165) is 21.5 Å². The van der Waals surface area contributed by atoms with Gasteiger partial charge in [0.2, 0.25) is 0 Å². The molecular formula is C29H33N3O5. The van der Waals surface area contributed by atoms with Crippen molar-refractivity contribution < 1.29 is 23.8 Å². The molecular weight excluding hydrogens is 470 g/mol. The molecule has 8 heteroatoms. The maximum Gasteiger partial charge on any atom is 0.306 e. The van der Waals surface area contributed by atoms with Crippen molar-refractivity contribution in [3.8, 4) is 5.75 Å². The Labute approximate surface area is 217 Å². The standard InChI is InChI=1S/C29H33N3O5/c1-3-36-29(34)20-24(23-10-5-4-6-11-23)18-22-13-14-25-26(19-22)37-21-28(33)31(25)16-9-15-30(2)27-12-7-8-17-32(27)35/h4-8,10-14,17,19,24H,3,9,15-16,18,20-21H2,1-2H3. The van der Waals surface area contributed by atoms with Gasteiger partial charge in [-0.05, 0) is 48.6 Å². The minimum absolute atomic E-state index is 0.0174. The highest BCUT2D eigenvalue weighted by Crippen LogP contribution is 2.35. The number of rotatable bonds is 11. The summed E-state index contributed by atoms with van der Waals surface area (Å²) in [5.41, 5.74) is 2.84. The molecule has 1 aromatic heterocycles. The van der Waals surface area contributed by atoms with E-state index < -0.39 is 0 Å². The Morgan fingerprint density at radius 1 is 1.16 bits per heavy atom. The minimum Gasteiger partial charge on any atom is -0.711 e. The second-order valence-electron chi connectivity index (χ2n) is 9.12. The van der Waals surface area contributed by atoms with E-state index >= 15 is 0 Å². The van der Waals surface area contributed by atoms with Crippen molar-refractivity contribution in [2.45, 2.75) is 32.1 Å². The quantitative estimate of drug-likeness (QED) is 0.224. The molecule has 0 N–H and O–H groups in total. The molecule has 4 rings (SSSR count). The maximum absolute atomic E-state index is 12.7. The van der Waals surface area contributed by atoms with Gasteiger partial charge in [-0.1, -0.05) is 42.5 Å². The molecule has 0 spiro atoms. The van der Waals surface area contributed by atoms with Gasteiger partial charge >= 0.3 is 5.97 Å². The van der Waals surface area contributed by atoms with Gasteiger partial charge < -0.3 is 19.6 Å². The Hall–Kier alpha value is -4.07. The number of amides is 1. The number of nitrogens with zero attached hydrogens (tertiary/aromatic N) is 3. The van der Waals surface area contributed by atoms with Crippen LogP contribution in [-0.2, 0) is 20.7 Å². The van der Waals surface area contributed by atoms with Crippen LogP contribution in [0.25, 0.3) is 0 Å². The van der Waals surface area contributed by atoms with E-state index in [1.807, 2.05) is 73.5 Å². The number of carbonyl (C=O) groups is 2. The van der Waals surface area contributed by atoms with Crippen LogP contribution >= 0.6 is 0 Å². The van der Waals surface area contributed by atoms with Crippen LogP contribution < -0.4 is 19.3 Å². The van der Waals surface area contributed by atoms with Crippen molar-refractivity contribution in [1.29, 1.82) is 0 Å². The molecule has 0 saturated heterocycles. The SMILES string of the molecule is CCOC(=O)CC(Cc1ccc2c(c1)OCC(=O)N2CCCN(C)c1cccc[n+]1[O-])c1ccccc1. The Kier molecular flexibility index (Phi) is 8.61. The van der Waals surface area contributed by atoms with E-state index in [4.69, 9.17) is 9.47 Å². The molecule has 1 amide bonds. The van der Waals surface area contributed by atoms with E-state index in [1.165, 1.54) is 6.20 Å². The smallest absolute Gasteiger partial charge is 0.306 e. The van der Waals surface area contributed by atoms with E-state index in [0.29, 0.717) is 50.5 Å². The predicted octanol–water partition coefficient (Wildman–Crippen LogP) is 3.85. The largest absolute Gasteiger partial charge is 0.711 e. The summed E-state index contributed by atoms with van der Waals surface area (Å²) < 4.78 is 11.8. The first-order valence-electron chi connectivity index (χ1n) is 12.6. The van der Waals surface area contributed by atoms with Gasteiger partial charge in [0.15, 0.2) is 6.61 Å². The summed E-state index contributed by atoms with van der Waals surface area (Å²) in [6, 6.07) is 21.1. The van der Waals surface area contributed by atoms with Gasteiger partial charge in [-0.15, -0.1) is 0 Å². The molecule has 0 radical (unpaired) electrons. The monoisotopic (exact) mass is 503 g/mol. The van der Waals surface area contributed by atoms with Crippen molar-refractivity contribution in [1.82, 2.24) is 0 Å². The highest BCUT2D eigenvalue weighted by Gasteiger charge is 2.27. The lowest BCUT2D eigenvalue weighted by Gasteiger charge is -2.30. The molecule has 3 aromatic rings. The topological polar surface area (TPSA) is 86.0 Å². The lowest BCUT2D eigenvalue weighted by molar-refractivity contribution is -0.592. The average molecular weight is 504 g/mol. The van der Waals surface area contributed by atoms with Gasteiger partial charge in [-0.3, -0.25) is 14.5 Å². The van der Waals surface area contributed by atoms with E-state index in [1.54, 1.807) is 17.0 Å². The van der Waals surface area contributed by atoms with Crippen molar-refractivity contribution in [2.24, 2.45) is 0 Å². The third-order valence-corrected chi connectivity index (χ3v) is 6.51. The Bertz CT molecular complexity index is 1220. The van der Waals surface area contributed by atoms with Gasteiger partial charge in [-0.2, -0.15) is 0 Å². The first-order valence-corrected chi connectivity index (χ1v) is 12.6. The van der Waals surface area contributed by atoms with Crippen LogP contribution in [0, 0.1) is 5.21 Å². The number of aromatic nitrogens is 1. The fourth-order valence-corrected chi connectivity index (χ4v) is 4.66. The molecule has 1 atom stereocenters. The van der Waals surface area contributed by atoms with Gasteiger partial charge in [0, 0.05) is 19.0 Å². The third kappa shape index (κ3) is 6.58. The molecule has 2 heterocycles. The predicted molar refractivity (Wildman–Crippen MR) is 142 cm³/mol. The minimum atomic E-state index is -0.217. The van der Waals surface area contributed by atoms with Gasteiger partial charge in [0.25, 0.3) is 11.7 Å². The van der Waals surface area contributed by atoms with E-state index in [-0.39, 0.29) is 24.4 Å². The van der Waals surface area contributed by atoms with Gasteiger partial charge in [0.05, 0.1) is 38.5 Å². The molecule has 8 nitrogen and oxygen atoms in total. The van der Waals surface area contributed by atoms with Crippen molar-refractivity contribution in [2.75, 3.05) is 43.2 Å². The second kappa shape index (κ2) is 12.3. The van der Waals surface area contributed by atoms with Crippen LogP contribution in [-0.4, -0.2) is 45.2 Å². The second-order valence-corrected chi connectivity index (χ2v) is 9.12. The van der Waals surface area contributed by atoms with Crippen LogP contribution in [0.5, 0.6) is 5.75 Å². The summed E-state index contributed by atoms with van der Waals surface area (Å²) in [6.45, 7) is 3.28.